The largest absolute Gasteiger partial charge is 0.481 e. The monoisotopic (exact) mass is 266 g/mol. The Morgan fingerprint density at radius 1 is 1.62 bits per heavy atom. The molecule has 0 aliphatic heterocycles. The number of rotatable bonds is 2. The van der Waals surface area contributed by atoms with Crippen molar-refractivity contribution in [2.24, 2.45) is 0 Å². The molecular formula is C8H5BrClFO2. The van der Waals surface area contributed by atoms with Gasteiger partial charge in [0.2, 0.25) is 0 Å². The number of hydrogen-bond acceptors (Lipinski definition) is 1. The van der Waals surface area contributed by atoms with E-state index in [1.165, 1.54) is 6.07 Å². The minimum atomic E-state index is -1.01. The summed E-state index contributed by atoms with van der Waals surface area (Å²) in [5.41, 5.74) is 0.370. The van der Waals surface area contributed by atoms with Crippen LogP contribution in [0.15, 0.2) is 16.6 Å². The van der Waals surface area contributed by atoms with Gasteiger partial charge in [-0.25, -0.2) is 4.39 Å². The minimum Gasteiger partial charge on any atom is -0.481 e. The molecule has 0 heterocycles. The second kappa shape index (κ2) is 4.07. The van der Waals surface area contributed by atoms with Gasteiger partial charge in [-0.15, -0.1) is 0 Å². The topological polar surface area (TPSA) is 37.3 Å². The lowest BCUT2D eigenvalue weighted by Crippen LogP contribution is -2.01. The zero-order chi connectivity index (χ0) is 10.0. The highest BCUT2D eigenvalue weighted by atomic mass is 79.9. The fourth-order valence-electron chi connectivity index (χ4n) is 0.862. The van der Waals surface area contributed by atoms with Crippen LogP contribution in [-0.2, 0) is 11.2 Å². The smallest absolute Gasteiger partial charge is 0.307 e. The Balaban J connectivity index is 3.08. The molecule has 0 radical (unpaired) electrons. The summed E-state index contributed by atoms with van der Waals surface area (Å²) in [6.07, 6.45) is -0.228. The van der Waals surface area contributed by atoms with E-state index in [2.05, 4.69) is 15.9 Å². The molecule has 0 aliphatic carbocycles. The zero-order valence-corrected chi connectivity index (χ0v) is 8.69. The van der Waals surface area contributed by atoms with Gasteiger partial charge in [0.15, 0.2) is 0 Å². The van der Waals surface area contributed by atoms with Crippen LogP contribution >= 0.6 is 27.5 Å². The van der Waals surface area contributed by atoms with Gasteiger partial charge < -0.3 is 5.11 Å². The van der Waals surface area contributed by atoms with Gasteiger partial charge in [0, 0.05) is 4.47 Å². The average Bonchev–Trinajstić information content (AvgIpc) is 1.99. The number of carboxylic acids is 1. The maximum absolute atomic E-state index is 12.9. The fourth-order valence-corrected chi connectivity index (χ4v) is 1.64. The van der Waals surface area contributed by atoms with Gasteiger partial charge in [0.1, 0.15) is 5.82 Å². The molecule has 0 saturated heterocycles. The standard InChI is InChI=1S/C8H5BrClFO2/c9-5-3-6(10)7(11)1-4(5)2-8(12)13/h1,3H,2H2,(H,12,13). The molecule has 70 valence electrons. The van der Waals surface area contributed by atoms with Crippen LogP contribution in [-0.4, -0.2) is 11.1 Å². The first kappa shape index (κ1) is 10.5. The molecule has 1 aromatic rings. The summed E-state index contributed by atoms with van der Waals surface area (Å²) in [5, 5.41) is 8.45. The first-order valence-corrected chi connectivity index (χ1v) is 4.53. The van der Waals surface area contributed by atoms with Crippen LogP contribution in [0.3, 0.4) is 0 Å². The predicted molar refractivity (Wildman–Crippen MR) is 50.4 cm³/mol. The van der Waals surface area contributed by atoms with E-state index in [1.807, 2.05) is 0 Å². The van der Waals surface area contributed by atoms with Crippen molar-refractivity contribution in [1.29, 1.82) is 0 Å². The van der Waals surface area contributed by atoms with E-state index < -0.39 is 11.8 Å². The maximum Gasteiger partial charge on any atom is 0.307 e. The first-order chi connectivity index (χ1) is 6.00. The lowest BCUT2D eigenvalue weighted by Gasteiger charge is -2.02. The van der Waals surface area contributed by atoms with E-state index in [1.54, 1.807) is 0 Å². The van der Waals surface area contributed by atoms with Crippen molar-refractivity contribution in [3.63, 3.8) is 0 Å². The molecule has 1 rings (SSSR count). The van der Waals surface area contributed by atoms with Crippen molar-refractivity contribution in [2.45, 2.75) is 6.42 Å². The molecule has 0 unspecified atom stereocenters. The van der Waals surface area contributed by atoms with Crippen molar-refractivity contribution in [1.82, 2.24) is 0 Å². The Morgan fingerprint density at radius 2 is 2.23 bits per heavy atom. The third kappa shape index (κ3) is 2.67. The predicted octanol–water partition coefficient (Wildman–Crippen LogP) is 2.87. The Bertz CT molecular complexity index is 354. The Hall–Kier alpha value is -0.610. The number of aliphatic carboxylic acids is 1. The van der Waals surface area contributed by atoms with Crippen molar-refractivity contribution in [3.8, 4) is 0 Å². The Kier molecular flexibility index (Phi) is 3.27. The molecule has 0 spiro atoms. The molecule has 0 fully saturated rings. The molecule has 0 bridgehead atoms. The third-order valence-electron chi connectivity index (χ3n) is 1.43. The van der Waals surface area contributed by atoms with Gasteiger partial charge in [0.25, 0.3) is 0 Å². The van der Waals surface area contributed by atoms with E-state index in [0.717, 1.165) is 6.07 Å². The highest BCUT2D eigenvalue weighted by Crippen LogP contribution is 2.24. The summed E-state index contributed by atoms with van der Waals surface area (Å²) >= 11 is 8.57. The van der Waals surface area contributed by atoms with Gasteiger partial charge in [-0.1, -0.05) is 27.5 Å². The summed E-state index contributed by atoms with van der Waals surface area (Å²) in [5.74, 6) is -1.62. The van der Waals surface area contributed by atoms with Gasteiger partial charge in [-0.2, -0.15) is 0 Å². The summed E-state index contributed by atoms with van der Waals surface area (Å²) in [6.45, 7) is 0. The highest BCUT2D eigenvalue weighted by Gasteiger charge is 2.09. The maximum atomic E-state index is 12.9. The molecular weight excluding hydrogens is 262 g/mol. The average molecular weight is 267 g/mol. The van der Waals surface area contributed by atoms with Gasteiger partial charge in [-0.05, 0) is 17.7 Å². The van der Waals surface area contributed by atoms with E-state index in [0.29, 0.717) is 10.0 Å². The van der Waals surface area contributed by atoms with Crippen LogP contribution in [0.1, 0.15) is 5.56 Å². The summed E-state index contributed by atoms with van der Waals surface area (Å²) < 4.78 is 13.4. The first-order valence-electron chi connectivity index (χ1n) is 3.36. The number of carbonyl (C=O) groups is 1. The van der Waals surface area contributed by atoms with E-state index >= 15 is 0 Å². The van der Waals surface area contributed by atoms with Crippen LogP contribution in [0.25, 0.3) is 0 Å². The van der Waals surface area contributed by atoms with Crippen molar-refractivity contribution >= 4 is 33.5 Å². The quantitative estimate of drug-likeness (QED) is 0.837. The fraction of sp³-hybridized carbons (Fsp3) is 0.125. The molecule has 0 atom stereocenters. The molecule has 1 N–H and O–H groups in total. The summed E-state index contributed by atoms with van der Waals surface area (Å²) in [7, 11) is 0. The Labute approximate surface area is 87.5 Å². The van der Waals surface area contributed by atoms with Crippen molar-refractivity contribution in [2.75, 3.05) is 0 Å². The normalized spacial score (nSPS) is 10.1. The van der Waals surface area contributed by atoms with Crippen LogP contribution in [0.4, 0.5) is 4.39 Å². The Morgan fingerprint density at radius 3 is 2.77 bits per heavy atom. The molecule has 0 aromatic heterocycles. The zero-order valence-electron chi connectivity index (χ0n) is 6.35. The SMILES string of the molecule is O=C(O)Cc1cc(F)c(Cl)cc1Br. The number of benzene rings is 1. The minimum absolute atomic E-state index is 0.0268. The van der Waals surface area contributed by atoms with Crippen molar-refractivity contribution < 1.29 is 14.3 Å². The molecule has 0 amide bonds. The number of carboxylic acid groups (broad SMARTS) is 1. The molecule has 1 aromatic carbocycles. The van der Waals surface area contributed by atoms with Gasteiger partial charge in [-0.3, -0.25) is 4.79 Å². The van der Waals surface area contributed by atoms with Gasteiger partial charge in [0.05, 0.1) is 11.4 Å². The molecule has 13 heavy (non-hydrogen) atoms. The van der Waals surface area contributed by atoms with Crippen LogP contribution in [0.2, 0.25) is 5.02 Å². The lowest BCUT2D eigenvalue weighted by molar-refractivity contribution is -0.136. The second-order valence-electron chi connectivity index (χ2n) is 2.43. The van der Waals surface area contributed by atoms with E-state index in [4.69, 9.17) is 16.7 Å². The van der Waals surface area contributed by atoms with Gasteiger partial charge >= 0.3 is 5.97 Å². The van der Waals surface area contributed by atoms with Crippen molar-refractivity contribution in [3.05, 3.63) is 33.0 Å². The highest BCUT2D eigenvalue weighted by molar-refractivity contribution is 9.10. The summed E-state index contributed by atoms with van der Waals surface area (Å²) in [6, 6.07) is 2.45. The molecule has 0 saturated carbocycles. The lowest BCUT2D eigenvalue weighted by atomic mass is 10.1. The molecule has 5 heteroatoms. The second-order valence-corrected chi connectivity index (χ2v) is 3.69. The summed E-state index contributed by atoms with van der Waals surface area (Å²) in [4.78, 5) is 10.3. The molecule has 0 aliphatic rings. The van der Waals surface area contributed by atoms with E-state index in [-0.39, 0.29) is 11.4 Å². The van der Waals surface area contributed by atoms with E-state index in [9.17, 15) is 9.18 Å². The van der Waals surface area contributed by atoms with Crippen LogP contribution in [0.5, 0.6) is 0 Å². The third-order valence-corrected chi connectivity index (χ3v) is 2.46. The van der Waals surface area contributed by atoms with Crippen LogP contribution < -0.4 is 0 Å². The number of halogens is 3. The van der Waals surface area contributed by atoms with Crippen LogP contribution in [0, 0.1) is 5.82 Å². The molecule has 2 nitrogen and oxygen atoms in total. The number of hydrogen-bond donors (Lipinski definition) is 1.